The van der Waals surface area contributed by atoms with Crippen LogP contribution in [0.3, 0.4) is 0 Å². The van der Waals surface area contributed by atoms with Gasteiger partial charge in [-0.1, -0.05) is 0 Å². The fourth-order valence-corrected chi connectivity index (χ4v) is 1.80. The van der Waals surface area contributed by atoms with Gasteiger partial charge in [0.1, 0.15) is 5.82 Å². The molecule has 86 valence electrons. The molecule has 5 nitrogen and oxygen atoms in total. The minimum absolute atomic E-state index is 0.101. The Kier molecular flexibility index (Phi) is 3.14. The number of ether oxygens (including phenoxy) is 1. The number of nitrogens with zero attached hydrogens (tertiary/aromatic N) is 2. The lowest BCUT2D eigenvalue weighted by Gasteiger charge is -2.07. The predicted molar refractivity (Wildman–Crippen MR) is 56.4 cm³/mol. The summed E-state index contributed by atoms with van der Waals surface area (Å²) in [5.41, 5.74) is 0.697. The van der Waals surface area contributed by atoms with Crippen LogP contribution < -0.4 is 0 Å². The Labute approximate surface area is 93.5 Å². The van der Waals surface area contributed by atoms with Gasteiger partial charge in [-0.15, -0.1) is 0 Å². The highest BCUT2D eigenvalue weighted by Crippen LogP contribution is 2.16. The zero-order valence-corrected chi connectivity index (χ0v) is 9.14. The number of aromatic nitrogens is 2. The van der Waals surface area contributed by atoms with E-state index in [4.69, 9.17) is 9.84 Å². The van der Waals surface area contributed by atoms with Crippen LogP contribution in [-0.2, 0) is 11.2 Å². The van der Waals surface area contributed by atoms with Gasteiger partial charge < -0.3 is 9.84 Å². The first-order chi connectivity index (χ1) is 7.66. The van der Waals surface area contributed by atoms with E-state index in [9.17, 15) is 4.79 Å². The van der Waals surface area contributed by atoms with Gasteiger partial charge in [-0.2, -0.15) is 0 Å². The summed E-state index contributed by atoms with van der Waals surface area (Å²) in [6, 6.07) is 0. The Morgan fingerprint density at radius 2 is 2.50 bits per heavy atom. The van der Waals surface area contributed by atoms with Crippen molar-refractivity contribution in [2.75, 3.05) is 13.2 Å². The van der Waals surface area contributed by atoms with E-state index in [-0.39, 0.29) is 5.69 Å². The van der Waals surface area contributed by atoms with Gasteiger partial charge in [-0.3, -0.25) is 0 Å². The van der Waals surface area contributed by atoms with Crippen LogP contribution in [0.5, 0.6) is 0 Å². The van der Waals surface area contributed by atoms with Crippen LogP contribution in [0.25, 0.3) is 0 Å². The molecule has 0 bridgehead atoms. The molecule has 0 spiro atoms. The highest BCUT2D eigenvalue weighted by Gasteiger charge is 2.19. The summed E-state index contributed by atoms with van der Waals surface area (Å²) >= 11 is 0. The summed E-state index contributed by atoms with van der Waals surface area (Å²) in [7, 11) is 0. The number of carboxylic acid groups (broad SMARTS) is 1. The van der Waals surface area contributed by atoms with E-state index >= 15 is 0 Å². The Balaban J connectivity index is 2.15. The molecule has 5 heteroatoms. The summed E-state index contributed by atoms with van der Waals surface area (Å²) in [5.74, 6) is 0.0201. The lowest BCUT2D eigenvalue weighted by molar-refractivity contribution is 0.0689. The molecular formula is C11H14N2O3. The molecule has 1 aliphatic rings. The van der Waals surface area contributed by atoms with Crippen molar-refractivity contribution in [2.45, 2.75) is 19.8 Å². The molecule has 2 rings (SSSR count). The lowest BCUT2D eigenvalue weighted by Crippen LogP contribution is -2.12. The molecule has 1 atom stereocenters. The number of hydrogen-bond acceptors (Lipinski definition) is 4. The molecule has 1 aliphatic heterocycles. The second-order valence-corrected chi connectivity index (χ2v) is 4.06. The van der Waals surface area contributed by atoms with Crippen LogP contribution in [0, 0.1) is 12.8 Å². The van der Waals surface area contributed by atoms with Crippen molar-refractivity contribution in [2.24, 2.45) is 5.92 Å². The molecule has 16 heavy (non-hydrogen) atoms. The van der Waals surface area contributed by atoms with Crippen molar-refractivity contribution in [1.29, 1.82) is 0 Å². The Morgan fingerprint density at radius 3 is 3.12 bits per heavy atom. The van der Waals surface area contributed by atoms with Crippen molar-refractivity contribution >= 4 is 5.97 Å². The maximum absolute atomic E-state index is 10.9. The second kappa shape index (κ2) is 4.57. The molecule has 1 aromatic heterocycles. The average Bonchev–Trinajstić information content (AvgIpc) is 2.73. The van der Waals surface area contributed by atoms with Gasteiger partial charge >= 0.3 is 5.97 Å². The fourth-order valence-electron chi connectivity index (χ4n) is 1.80. The molecule has 0 aromatic carbocycles. The van der Waals surface area contributed by atoms with Crippen molar-refractivity contribution in [3.8, 4) is 0 Å². The number of aromatic carboxylic acids is 1. The van der Waals surface area contributed by atoms with Crippen molar-refractivity contribution in [3.05, 3.63) is 23.3 Å². The highest BCUT2D eigenvalue weighted by molar-refractivity contribution is 5.86. The van der Waals surface area contributed by atoms with Gasteiger partial charge in [0, 0.05) is 31.4 Å². The topological polar surface area (TPSA) is 72.3 Å². The standard InChI is InChI=1S/C11H14N2O3/c1-7-5-12-9(13-10(7)11(14)15)4-8-2-3-16-6-8/h5,8H,2-4,6H2,1H3,(H,14,15). The maximum atomic E-state index is 10.9. The second-order valence-electron chi connectivity index (χ2n) is 4.06. The molecule has 2 heterocycles. The lowest BCUT2D eigenvalue weighted by atomic mass is 10.0. The van der Waals surface area contributed by atoms with Crippen molar-refractivity contribution < 1.29 is 14.6 Å². The van der Waals surface area contributed by atoms with Gasteiger partial charge in [0.25, 0.3) is 0 Å². The van der Waals surface area contributed by atoms with Crippen molar-refractivity contribution in [3.63, 3.8) is 0 Å². The SMILES string of the molecule is Cc1cnc(CC2CCOC2)nc1C(=O)O. The number of rotatable bonds is 3. The van der Waals surface area contributed by atoms with Crippen molar-refractivity contribution in [1.82, 2.24) is 9.97 Å². The van der Waals surface area contributed by atoms with E-state index in [2.05, 4.69) is 9.97 Å². The third kappa shape index (κ3) is 2.36. The van der Waals surface area contributed by atoms with Crippen LogP contribution >= 0.6 is 0 Å². The fraction of sp³-hybridized carbons (Fsp3) is 0.545. The smallest absolute Gasteiger partial charge is 0.354 e. The first-order valence-corrected chi connectivity index (χ1v) is 5.30. The van der Waals surface area contributed by atoms with E-state index in [0.29, 0.717) is 23.7 Å². The molecule has 1 saturated heterocycles. The summed E-state index contributed by atoms with van der Waals surface area (Å²) < 4.78 is 5.26. The van der Waals surface area contributed by atoms with Crippen LogP contribution in [0.4, 0.5) is 0 Å². The third-order valence-corrected chi connectivity index (χ3v) is 2.72. The minimum atomic E-state index is -0.996. The Bertz CT molecular complexity index is 400. The Hall–Kier alpha value is -1.49. The zero-order valence-electron chi connectivity index (χ0n) is 9.14. The van der Waals surface area contributed by atoms with Crippen LogP contribution in [0.15, 0.2) is 6.20 Å². The molecule has 1 N–H and O–H groups in total. The van der Waals surface area contributed by atoms with Gasteiger partial charge in [-0.05, 0) is 19.3 Å². The van der Waals surface area contributed by atoms with E-state index < -0.39 is 5.97 Å². The monoisotopic (exact) mass is 222 g/mol. The summed E-state index contributed by atoms with van der Waals surface area (Å²) in [6.45, 7) is 3.20. The van der Waals surface area contributed by atoms with Gasteiger partial charge in [-0.25, -0.2) is 14.8 Å². The zero-order chi connectivity index (χ0) is 11.5. The first-order valence-electron chi connectivity index (χ1n) is 5.30. The third-order valence-electron chi connectivity index (χ3n) is 2.72. The number of hydrogen-bond donors (Lipinski definition) is 1. The quantitative estimate of drug-likeness (QED) is 0.827. The van der Waals surface area contributed by atoms with E-state index in [1.165, 1.54) is 0 Å². The molecule has 0 amide bonds. The van der Waals surface area contributed by atoms with E-state index in [1.54, 1.807) is 13.1 Å². The average molecular weight is 222 g/mol. The first kappa shape index (κ1) is 11.0. The maximum Gasteiger partial charge on any atom is 0.354 e. The number of carboxylic acids is 1. The Morgan fingerprint density at radius 1 is 1.69 bits per heavy atom. The number of carbonyl (C=O) groups is 1. The van der Waals surface area contributed by atoms with Crippen LogP contribution in [0.1, 0.15) is 28.3 Å². The summed E-state index contributed by atoms with van der Waals surface area (Å²) in [6.07, 6.45) is 3.27. The summed E-state index contributed by atoms with van der Waals surface area (Å²) in [4.78, 5) is 19.1. The summed E-state index contributed by atoms with van der Waals surface area (Å²) in [5, 5.41) is 8.94. The molecule has 1 unspecified atom stereocenters. The van der Waals surface area contributed by atoms with Gasteiger partial charge in [0.15, 0.2) is 5.69 Å². The number of aryl methyl sites for hydroxylation is 1. The molecule has 0 aliphatic carbocycles. The van der Waals surface area contributed by atoms with E-state index in [1.807, 2.05) is 0 Å². The molecule has 0 saturated carbocycles. The molecule has 1 aromatic rings. The minimum Gasteiger partial charge on any atom is -0.477 e. The molecule has 1 fully saturated rings. The van der Waals surface area contributed by atoms with Crippen LogP contribution in [0.2, 0.25) is 0 Å². The van der Waals surface area contributed by atoms with E-state index in [0.717, 1.165) is 19.6 Å². The van der Waals surface area contributed by atoms with Gasteiger partial charge in [0.05, 0.1) is 0 Å². The highest BCUT2D eigenvalue weighted by atomic mass is 16.5. The largest absolute Gasteiger partial charge is 0.477 e. The van der Waals surface area contributed by atoms with Gasteiger partial charge in [0.2, 0.25) is 0 Å². The molecular weight excluding hydrogens is 208 g/mol. The molecule has 0 radical (unpaired) electrons. The predicted octanol–water partition coefficient (Wildman–Crippen LogP) is 1.06. The van der Waals surface area contributed by atoms with Crippen LogP contribution in [-0.4, -0.2) is 34.3 Å². The normalized spacial score (nSPS) is 19.9.